The van der Waals surface area contributed by atoms with E-state index < -0.39 is 6.04 Å². The molecule has 3 N–H and O–H groups in total. The van der Waals surface area contributed by atoms with E-state index >= 15 is 0 Å². The Labute approximate surface area is 155 Å². The lowest BCUT2D eigenvalue weighted by molar-refractivity contribution is -0.136. The molecule has 1 heterocycles. The summed E-state index contributed by atoms with van der Waals surface area (Å²) in [6.07, 6.45) is 1.16. The molecule has 26 heavy (non-hydrogen) atoms. The van der Waals surface area contributed by atoms with Crippen LogP contribution in [-0.4, -0.2) is 41.8 Å². The number of nitrogens with two attached hydrogens (primary N) is 1. The van der Waals surface area contributed by atoms with E-state index in [0.29, 0.717) is 31.5 Å². The topological polar surface area (TPSA) is 92.5 Å². The van der Waals surface area contributed by atoms with Gasteiger partial charge in [0.05, 0.1) is 0 Å². The van der Waals surface area contributed by atoms with Crippen molar-refractivity contribution in [1.82, 2.24) is 10.2 Å². The van der Waals surface area contributed by atoms with Crippen molar-refractivity contribution in [3.63, 3.8) is 0 Å². The number of benzene rings is 1. The summed E-state index contributed by atoms with van der Waals surface area (Å²) in [4.78, 5) is 37.8. The van der Waals surface area contributed by atoms with Gasteiger partial charge in [-0.25, -0.2) is 0 Å². The van der Waals surface area contributed by atoms with Crippen LogP contribution in [0.25, 0.3) is 0 Å². The van der Waals surface area contributed by atoms with Gasteiger partial charge < -0.3 is 16.0 Å². The lowest BCUT2D eigenvalue weighted by Crippen LogP contribution is -2.50. The van der Waals surface area contributed by atoms with E-state index in [1.54, 1.807) is 24.0 Å². The van der Waals surface area contributed by atoms with Crippen molar-refractivity contribution in [1.29, 1.82) is 0 Å². The van der Waals surface area contributed by atoms with Crippen molar-refractivity contribution in [3.05, 3.63) is 35.4 Å². The summed E-state index contributed by atoms with van der Waals surface area (Å²) in [7, 11) is 0. The first-order valence-electron chi connectivity index (χ1n) is 9.09. The van der Waals surface area contributed by atoms with Crippen molar-refractivity contribution < 1.29 is 14.4 Å². The highest BCUT2D eigenvalue weighted by atomic mass is 16.2. The summed E-state index contributed by atoms with van der Waals surface area (Å²) in [5.74, 6) is -0.867. The molecule has 1 aliphatic heterocycles. The first-order valence-corrected chi connectivity index (χ1v) is 9.09. The molecule has 1 unspecified atom stereocenters. The van der Waals surface area contributed by atoms with Gasteiger partial charge in [0.15, 0.2) is 0 Å². The predicted molar refractivity (Wildman–Crippen MR) is 101 cm³/mol. The van der Waals surface area contributed by atoms with Crippen LogP contribution in [-0.2, 0) is 15.0 Å². The Hall–Kier alpha value is -2.37. The van der Waals surface area contributed by atoms with E-state index in [1.165, 1.54) is 0 Å². The molecule has 142 valence electrons. The number of hydrogen-bond acceptors (Lipinski definition) is 3. The molecule has 6 nitrogen and oxygen atoms in total. The van der Waals surface area contributed by atoms with Crippen LogP contribution >= 0.6 is 0 Å². The normalized spacial score (nSPS) is 16.8. The number of hydrogen-bond donors (Lipinski definition) is 2. The van der Waals surface area contributed by atoms with Crippen molar-refractivity contribution in [2.45, 2.75) is 52.0 Å². The van der Waals surface area contributed by atoms with Gasteiger partial charge in [0.25, 0.3) is 5.91 Å². The van der Waals surface area contributed by atoms with E-state index in [2.05, 4.69) is 26.1 Å². The second-order valence-corrected chi connectivity index (χ2v) is 8.02. The number of amides is 3. The van der Waals surface area contributed by atoms with Gasteiger partial charge in [0, 0.05) is 24.6 Å². The van der Waals surface area contributed by atoms with Crippen LogP contribution in [0.1, 0.15) is 56.5 Å². The maximum absolute atomic E-state index is 12.5. The number of primary amides is 1. The zero-order valence-corrected chi connectivity index (χ0v) is 16.0. The van der Waals surface area contributed by atoms with Crippen LogP contribution in [0.5, 0.6) is 0 Å². The molecule has 1 aromatic rings. The van der Waals surface area contributed by atoms with Gasteiger partial charge in [0.1, 0.15) is 6.04 Å². The number of carbonyl (C=O) groups is 3. The molecular weight excluding hydrogens is 330 g/mol. The molecule has 0 spiro atoms. The number of piperidine rings is 1. The smallest absolute Gasteiger partial charge is 0.251 e. The summed E-state index contributed by atoms with van der Waals surface area (Å²) in [6.45, 7) is 9.02. The highest BCUT2D eigenvalue weighted by Crippen LogP contribution is 2.22. The minimum Gasteiger partial charge on any atom is -0.369 e. The molecule has 0 radical (unpaired) electrons. The molecule has 0 aliphatic carbocycles. The summed E-state index contributed by atoms with van der Waals surface area (Å²) in [5.41, 5.74) is 7.02. The molecule has 1 atom stereocenters. The molecule has 1 fully saturated rings. The van der Waals surface area contributed by atoms with E-state index in [1.807, 2.05) is 12.1 Å². The maximum Gasteiger partial charge on any atom is 0.251 e. The third kappa shape index (κ3) is 4.84. The van der Waals surface area contributed by atoms with E-state index in [-0.39, 0.29) is 29.1 Å². The highest BCUT2D eigenvalue weighted by molar-refractivity contribution is 5.97. The molecule has 1 aromatic carbocycles. The Bertz CT molecular complexity index is 669. The molecule has 6 heteroatoms. The molecule has 0 bridgehead atoms. The Morgan fingerprint density at radius 2 is 1.65 bits per heavy atom. The van der Waals surface area contributed by atoms with Gasteiger partial charge in [-0.15, -0.1) is 0 Å². The fraction of sp³-hybridized carbons (Fsp3) is 0.550. The van der Waals surface area contributed by atoms with Crippen molar-refractivity contribution in [2.75, 3.05) is 13.1 Å². The molecular formula is C20H29N3O3. The zero-order chi connectivity index (χ0) is 19.5. The number of nitrogens with one attached hydrogen (secondary N) is 1. The van der Waals surface area contributed by atoms with Gasteiger partial charge in [-0.3, -0.25) is 14.4 Å². The highest BCUT2D eigenvalue weighted by Gasteiger charge is 2.29. The Kier molecular flexibility index (Phi) is 6.05. The third-order valence-corrected chi connectivity index (χ3v) is 4.94. The summed E-state index contributed by atoms with van der Waals surface area (Å²) >= 11 is 0. The van der Waals surface area contributed by atoms with Crippen molar-refractivity contribution in [3.8, 4) is 0 Å². The predicted octanol–water partition coefficient (Wildman–Crippen LogP) is 1.83. The lowest BCUT2D eigenvalue weighted by Gasteiger charge is -2.32. The van der Waals surface area contributed by atoms with Crippen LogP contribution < -0.4 is 11.1 Å². The summed E-state index contributed by atoms with van der Waals surface area (Å²) < 4.78 is 0. The molecule has 1 saturated heterocycles. The molecule has 2 rings (SSSR count). The van der Waals surface area contributed by atoms with Crippen LogP contribution in [0, 0.1) is 5.92 Å². The summed E-state index contributed by atoms with van der Waals surface area (Å²) in [6, 6.07) is 6.83. The monoisotopic (exact) mass is 359 g/mol. The zero-order valence-electron chi connectivity index (χ0n) is 16.0. The van der Waals surface area contributed by atoms with Crippen LogP contribution in [0.2, 0.25) is 0 Å². The average Bonchev–Trinajstić information content (AvgIpc) is 2.60. The van der Waals surface area contributed by atoms with E-state index in [9.17, 15) is 14.4 Å². The number of likely N-dealkylation sites (tertiary alicyclic amines) is 1. The minimum absolute atomic E-state index is 0.0231. The van der Waals surface area contributed by atoms with Crippen LogP contribution in [0.15, 0.2) is 24.3 Å². The van der Waals surface area contributed by atoms with Crippen molar-refractivity contribution >= 4 is 17.7 Å². The first kappa shape index (κ1) is 19.9. The Morgan fingerprint density at radius 1 is 1.12 bits per heavy atom. The average molecular weight is 359 g/mol. The molecule has 0 saturated carbocycles. The molecule has 1 aliphatic rings. The summed E-state index contributed by atoms with van der Waals surface area (Å²) in [5, 5.41) is 2.76. The SMILES string of the molecule is CC(NC(=O)c1ccc(C(C)(C)C)cc1)C(=O)N1CCC(C(N)=O)CC1. The van der Waals surface area contributed by atoms with Crippen molar-refractivity contribution in [2.24, 2.45) is 11.7 Å². The van der Waals surface area contributed by atoms with Gasteiger partial charge in [-0.1, -0.05) is 32.9 Å². The standard InChI is InChI=1S/C20H29N3O3/c1-13(19(26)23-11-9-14(10-12-23)17(21)24)22-18(25)15-5-7-16(8-6-15)20(2,3)4/h5-8,13-14H,9-12H2,1-4H3,(H2,21,24)(H,22,25). The fourth-order valence-electron chi connectivity index (χ4n) is 3.12. The maximum atomic E-state index is 12.5. The van der Waals surface area contributed by atoms with Gasteiger partial charge in [-0.2, -0.15) is 0 Å². The fourth-order valence-corrected chi connectivity index (χ4v) is 3.12. The Morgan fingerprint density at radius 3 is 2.12 bits per heavy atom. The second kappa shape index (κ2) is 7.89. The van der Waals surface area contributed by atoms with Gasteiger partial charge >= 0.3 is 0 Å². The van der Waals surface area contributed by atoms with E-state index in [4.69, 9.17) is 5.73 Å². The quantitative estimate of drug-likeness (QED) is 0.859. The first-order chi connectivity index (χ1) is 12.1. The lowest BCUT2D eigenvalue weighted by atomic mass is 9.86. The van der Waals surface area contributed by atoms with Crippen LogP contribution in [0.3, 0.4) is 0 Å². The van der Waals surface area contributed by atoms with E-state index in [0.717, 1.165) is 5.56 Å². The largest absolute Gasteiger partial charge is 0.369 e. The second-order valence-electron chi connectivity index (χ2n) is 8.02. The number of rotatable bonds is 4. The molecule has 0 aromatic heterocycles. The number of nitrogens with zero attached hydrogens (tertiary/aromatic N) is 1. The van der Waals surface area contributed by atoms with Gasteiger partial charge in [-0.05, 0) is 42.9 Å². The van der Waals surface area contributed by atoms with Crippen LogP contribution in [0.4, 0.5) is 0 Å². The third-order valence-electron chi connectivity index (χ3n) is 4.94. The van der Waals surface area contributed by atoms with Gasteiger partial charge in [0.2, 0.25) is 11.8 Å². The molecule has 3 amide bonds. The Balaban J connectivity index is 1.92. The number of carbonyl (C=O) groups excluding carboxylic acids is 3. The minimum atomic E-state index is -0.616.